The first-order valence-electron chi connectivity index (χ1n) is 7.37. The Kier molecular flexibility index (Phi) is 4.65. The molecule has 0 spiro atoms. The summed E-state index contributed by atoms with van der Waals surface area (Å²) < 4.78 is 0. The lowest BCUT2D eigenvalue weighted by atomic mass is 9.78. The van der Waals surface area contributed by atoms with E-state index < -0.39 is 12.0 Å². The molecule has 6 heteroatoms. The highest BCUT2D eigenvalue weighted by molar-refractivity contribution is 5.90. The van der Waals surface area contributed by atoms with Gasteiger partial charge in [0.05, 0.1) is 24.0 Å². The summed E-state index contributed by atoms with van der Waals surface area (Å²) in [7, 11) is 2.06. The smallest absolute Gasteiger partial charge is 0.228 e. The SMILES string of the molecule is CC(C(=O)N1CCCN(C)CC1)[C@H]1NC(=O)[C@@H]1[C@@H](C)O. The zero-order chi connectivity index (χ0) is 14.9. The molecule has 0 radical (unpaired) electrons. The van der Waals surface area contributed by atoms with Crippen LogP contribution in [0.2, 0.25) is 0 Å². The van der Waals surface area contributed by atoms with Gasteiger partial charge in [0.25, 0.3) is 0 Å². The van der Waals surface area contributed by atoms with E-state index in [2.05, 4.69) is 17.3 Å². The Morgan fingerprint density at radius 1 is 1.30 bits per heavy atom. The van der Waals surface area contributed by atoms with Crippen LogP contribution in [0.3, 0.4) is 0 Å². The van der Waals surface area contributed by atoms with Crippen LogP contribution in [0, 0.1) is 11.8 Å². The van der Waals surface area contributed by atoms with E-state index in [0.717, 1.165) is 32.6 Å². The Hall–Kier alpha value is -1.14. The maximum absolute atomic E-state index is 12.5. The van der Waals surface area contributed by atoms with Gasteiger partial charge in [0.15, 0.2) is 0 Å². The topological polar surface area (TPSA) is 72.9 Å². The summed E-state index contributed by atoms with van der Waals surface area (Å²) in [5.74, 6) is -0.810. The number of carbonyl (C=O) groups excluding carboxylic acids is 2. The Morgan fingerprint density at radius 3 is 2.60 bits per heavy atom. The number of hydrogen-bond donors (Lipinski definition) is 2. The normalized spacial score (nSPS) is 31.0. The molecule has 2 saturated heterocycles. The maximum Gasteiger partial charge on any atom is 0.228 e. The molecule has 0 aromatic carbocycles. The van der Waals surface area contributed by atoms with E-state index in [1.165, 1.54) is 0 Å². The molecular formula is C14H25N3O3. The molecule has 1 unspecified atom stereocenters. The Morgan fingerprint density at radius 2 is 2.00 bits per heavy atom. The van der Waals surface area contributed by atoms with Crippen LogP contribution in [0.25, 0.3) is 0 Å². The molecule has 0 aromatic rings. The Labute approximate surface area is 120 Å². The number of amides is 2. The van der Waals surface area contributed by atoms with Crippen LogP contribution >= 0.6 is 0 Å². The standard InChI is InChI=1S/C14H25N3O3/c1-9(12-11(10(2)18)13(19)15-12)14(20)17-6-4-5-16(3)7-8-17/h9-12,18H,4-8H2,1-3H3,(H,15,19)/t9?,10-,11-,12-/m1/s1. The van der Waals surface area contributed by atoms with Crippen molar-refractivity contribution >= 4 is 11.8 Å². The van der Waals surface area contributed by atoms with Gasteiger partial charge in [-0.25, -0.2) is 0 Å². The lowest BCUT2D eigenvalue weighted by molar-refractivity contribution is -0.148. The number of hydrogen-bond acceptors (Lipinski definition) is 4. The molecule has 4 atom stereocenters. The number of nitrogens with zero attached hydrogens (tertiary/aromatic N) is 2. The third kappa shape index (κ3) is 2.96. The molecule has 0 aliphatic carbocycles. The predicted molar refractivity (Wildman–Crippen MR) is 75.0 cm³/mol. The highest BCUT2D eigenvalue weighted by atomic mass is 16.3. The zero-order valence-corrected chi connectivity index (χ0v) is 12.5. The average Bonchev–Trinajstić information content (AvgIpc) is 2.58. The predicted octanol–water partition coefficient (Wildman–Crippen LogP) is -0.718. The molecular weight excluding hydrogens is 258 g/mol. The van der Waals surface area contributed by atoms with Crippen molar-refractivity contribution in [2.75, 3.05) is 33.2 Å². The van der Waals surface area contributed by atoms with Crippen molar-refractivity contribution in [1.29, 1.82) is 0 Å². The number of nitrogens with one attached hydrogen (secondary N) is 1. The fourth-order valence-electron chi connectivity index (χ4n) is 3.08. The zero-order valence-electron chi connectivity index (χ0n) is 12.5. The van der Waals surface area contributed by atoms with E-state index in [1.54, 1.807) is 6.92 Å². The molecule has 2 amide bonds. The van der Waals surface area contributed by atoms with E-state index in [1.807, 2.05) is 11.8 Å². The molecule has 0 bridgehead atoms. The van der Waals surface area contributed by atoms with Gasteiger partial charge in [-0.15, -0.1) is 0 Å². The highest BCUT2D eigenvalue weighted by Crippen LogP contribution is 2.27. The van der Waals surface area contributed by atoms with E-state index >= 15 is 0 Å². The molecule has 0 aromatic heterocycles. The Bertz CT molecular complexity index is 386. The van der Waals surface area contributed by atoms with Crippen LogP contribution in [0.4, 0.5) is 0 Å². The summed E-state index contributed by atoms with van der Waals surface area (Å²) in [5.41, 5.74) is 0. The number of β-lactam (4-membered cyclic amide) rings is 1. The van der Waals surface area contributed by atoms with Crippen molar-refractivity contribution in [3.8, 4) is 0 Å². The second kappa shape index (κ2) is 6.10. The largest absolute Gasteiger partial charge is 0.393 e. The third-order valence-electron chi connectivity index (χ3n) is 4.48. The van der Waals surface area contributed by atoms with Gasteiger partial charge in [-0.2, -0.15) is 0 Å². The number of aliphatic hydroxyl groups is 1. The first-order valence-corrected chi connectivity index (χ1v) is 7.37. The fraction of sp³-hybridized carbons (Fsp3) is 0.857. The first kappa shape index (κ1) is 15.3. The van der Waals surface area contributed by atoms with E-state index in [9.17, 15) is 14.7 Å². The van der Waals surface area contributed by atoms with Crippen molar-refractivity contribution in [2.45, 2.75) is 32.4 Å². The molecule has 2 N–H and O–H groups in total. The summed E-state index contributed by atoms with van der Waals surface area (Å²) in [6.07, 6.45) is 0.269. The van der Waals surface area contributed by atoms with E-state index in [0.29, 0.717) is 0 Å². The summed E-state index contributed by atoms with van der Waals surface area (Å²) in [6.45, 7) is 6.85. The second-order valence-corrected chi connectivity index (χ2v) is 6.07. The van der Waals surface area contributed by atoms with Crippen LogP contribution < -0.4 is 5.32 Å². The fourth-order valence-corrected chi connectivity index (χ4v) is 3.08. The highest BCUT2D eigenvalue weighted by Gasteiger charge is 2.47. The molecule has 114 valence electrons. The van der Waals surface area contributed by atoms with Gasteiger partial charge in [-0.3, -0.25) is 9.59 Å². The van der Waals surface area contributed by atoms with Crippen LogP contribution in [-0.4, -0.2) is 72.1 Å². The minimum atomic E-state index is -0.709. The van der Waals surface area contributed by atoms with Gasteiger partial charge in [0.1, 0.15) is 0 Å². The van der Waals surface area contributed by atoms with E-state index in [4.69, 9.17) is 0 Å². The van der Waals surface area contributed by atoms with Gasteiger partial charge < -0.3 is 20.2 Å². The number of carbonyl (C=O) groups is 2. The van der Waals surface area contributed by atoms with Gasteiger partial charge in [0.2, 0.25) is 11.8 Å². The van der Waals surface area contributed by atoms with Crippen molar-refractivity contribution in [3.05, 3.63) is 0 Å². The summed E-state index contributed by atoms with van der Waals surface area (Å²) in [6, 6.07) is -0.240. The minimum absolute atomic E-state index is 0.0796. The number of aliphatic hydroxyl groups excluding tert-OH is 1. The van der Waals surface area contributed by atoms with Crippen LogP contribution in [0.5, 0.6) is 0 Å². The summed E-state index contributed by atoms with van der Waals surface area (Å²) in [5, 5.41) is 12.4. The molecule has 2 rings (SSSR count). The van der Waals surface area contributed by atoms with Crippen molar-refractivity contribution in [2.24, 2.45) is 11.8 Å². The molecule has 6 nitrogen and oxygen atoms in total. The van der Waals surface area contributed by atoms with E-state index in [-0.39, 0.29) is 23.8 Å². The molecule has 2 fully saturated rings. The molecule has 2 aliphatic rings. The summed E-state index contributed by atoms with van der Waals surface area (Å²) >= 11 is 0. The first-order chi connectivity index (χ1) is 9.41. The lowest BCUT2D eigenvalue weighted by Crippen LogP contribution is -2.66. The molecule has 0 saturated carbocycles. The number of likely N-dealkylation sites (N-methyl/N-ethyl adjacent to an activating group) is 1. The van der Waals surface area contributed by atoms with Gasteiger partial charge >= 0.3 is 0 Å². The van der Waals surface area contributed by atoms with Gasteiger partial charge in [-0.05, 0) is 26.9 Å². The minimum Gasteiger partial charge on any atom is -0.393 e. The average molecular weight is 283 g/mol. The maximum atomic E-state index is 12.5. The van der Waals surface area contributed by atoms with Crippen LogP contribution in [0.1, 0.15) is 20.3 Å². The van der Waals surface area contributed by atoms with Gasteiger partial charge in [-0.1, -0.05) is 6.92 Å². The number of rotatable bonds is 3. The quantitative estimate of drug-likeness (QED) is 0.671. The lowest BCUT2D eigenvalue weighted by Gasteiger charge is -2.42. The Balaban J connectivity index is 1.96. The summed E-state index contributed by atoms with van der Waals surface area (Å²) in [4.78, 5) is 28.1. The van der Waals surface area contributed by atoms with Crippen LogP contribution in [-0.2, 0) is 9.59 Å². The third-order valence-corrected chi connectivity index (χ3v) is 4.48. The van der Waals surface area contributed by atoms with Crippen molar-refractivity contribution < 1.29 is 14.7 Å². The molecule has 2 heterocycles. The van der Waals surface area contributed by atoms with Crippen molar-refractivity contribution in [3.63, 3.8) is 0 Å². The molecule has 2 aliphatic heterocycles. The van der Waals surface area contributed by atoms with Crippen LogP contribution in [0.15, 0.2) is 0 Å². The van der Waals surface area contributed by atoms with Gasteiger partial charge in [0, 0.05) is 19.6 Å². The monoisotopic (exact) mass is 283 g/mol. The van der Waals surface area contributed by atoms with Crippen molar-refractivity contribution in [1.82, 2.24) is 15.1 Å². The molecule has 20 heavy (non-hydrogen) atoms. The second-order valence-electron chi connectivity index (χ2n) is 6.07.